The number of carbonyl (C=O) groups excluding carboxylic acids is 1. The van der Waals surface area contributed by atoms with Crippen LogP contribution in [-0.2, 0) is 6.42 Å². The maximum Gasteiger partial charge on any atom is 0.318 e. The Morgan fingerprint density at radius 2 is 1.92 bits per heavy atom. The molecule has 2 saturated heterocycles. The fraction of sp³-hybridized carbons (Fsp3) is 0.833. The van der Waals surface area contributed by atoms with Gasteiger partial charge >= 0.3 is 6.03 Å². The second-order valence-corrected chi connectivity index (χ2v) is 8.29. The summed E-state index contributed by atoms with van der Waals surface area (Å²) in [6, 6.07) is -0.290. The number of piperidine rings is 1. The molecule has 1 atom stereocenters. The lowest BCUT2D eigenvalue weighted by Crippen LogP contribution is -2.43. The molecular weight excluding hydrogens is 318 g/mol. The molecule has 0 aromatic carbocycles. The lowest BCUT2D eigenvalue weighted by atomic mass is 9.78. The quantitative estimate of drug-likeness (QED) is 0.904. The van der Waals surface area contributed by atoms with Crippen molar-refractivity contribution in [1.82, 2.24) is 25.3 Å². The van der Waals surface area contributed by atoms with Crippen LogP contribution < -0.4 is 5.32 Å². The maximum absolute atomic E-state index is 12.6. The highest BCUT2D eigenvalue weighted by atomic mass is 16.5. The van der Waals surface area contributed by atoms with Crippen LogP contribution in [-0.4, -0.2) is 59.2 Å². The van der Waals surface area contributed by atoms with Crippen LogP contribution in [0.3, 0.4) is 0 Å². The Hall–Kier alpha value is -1.63. The molecule has 140 valence electrons. The van der Waals surface area contributed by atoms with E-state index in [4.69, 9.17) is 4.52 Å². The predicted octanol–water partition coefficient (Wildman–Crippen LogP) is 2.46. The molecule has 1 aromatic heterocycles. The summed E-state index contributed by atoms with van der Waals surface area (Å²) in [7, 11) is 2.17. The molecule has 7 heteroatoms. The van der Waals surface area contributed by atoms with Gasteiger partial charge in [0.2, 0.25) is 5.89 Å². The number of urea groups is 1. The monoisotopic (exact) mass is 349 g/mol. The zero-order valence-electron chi connectivity index (χ0n) is 15.9. The summed E-state index contributed by atoms with van der Waals surface area (Å²) in [6.45, 7) is 10.1. The Labute approximate surface area is 150 Å². The summed E-state index contributed by atoms with van der Waals surface area (Å²) < 4.78 is 5.31. The molecule has 2 amide bonds. The summed E-state index contributed by atoms with van der Waals surface area (Å²) in [4.78, 5) is 21.4. The minimum atomic E-state index is -0.269. The molecule has 3 heterocycles. The zero-order chi connectivity index (χ0) is 18.0. The molecular formula is C18H31N5O2. The molecule has 1 N–H and O–H groups in total. The summed E-state index contributed by atoms with van der Waals surface area (Å²) in [6.07, 6.45) is 4.27. The van der Waals surface area contributed by atoms with Gasteiger partial charge in [0, 0.05) is 19.5 Å². The van der Waals surface area contributed by atoms with Gasteiger partial charge in [-0.15, -0.1) is 0 Å². The molecule has 2 aliphatic heterocycles. The minimum absolute atomic E-state index is 0.0214. The molecule has 1 aromatic rings. The van der Waals surface area contributed by atoms with Gasteiger partial charge in [0.15, 0.2) is 5.82 Å². The molecule has 0 saturated carbocycles. The molecule has 0 aliphatic carbocycles. The third-order valence-corrected chi connectivity index (χ3v) is 5.56. The summed E-state index contributed by atoms with van der Waals surface area (Å²) >= 11 is 0. The number of carbonyl (C=O) groups is 1. The van der Waals surface area contributed by atoms with Gasteiger partial charge in [-0.3, -0.25) is 0 Å². The lowest BCUT2D eigenvalue weighted by molar-refractivity contribution is 0.127. The van der Waals surface area contributed by atoms with E-state index < -0.39 is 0 Å². The Morgan fingerprint density at radius 3 is 2.60 bits per heavy atom. The van der Waals surface area contributed by atoms with Crippen molar-refractivity contribution in [3.63, 3.8) is 0 Å². The number of nitrogens with one attached hydrogen (secondary N) is 1. The molecule has 25 heavy (non-hydrogen) atoms. The number of nitrogens with zero attached hydrogens (tertiary/aromatic N) is 4. The highest BCUT2D eigenvalue weighted by Gasteiger charge is 2.41. The van der Waals surface area contributed by atoms with Crippen molar-refractivity contribution >= 4 is 6.03 Å². The van der Waals surface area contributed by atoms with Gasteiger partial charge in [-0.1, -0.05) is 19.0 Å². The minimum Gasteiger partial charge on any atom is -0.337 e. The van der Waals surface area contributed by atoms with Gasteiger partial charge in [-0.25, -0.2) is 4.79 Å². The Bertz CT molecular complexity index is 592. The van der Waals surface area contributed by atoms with Gasteiger partial charge in [0.25, 0.3) is 0 Å². The van der Waals surface area contributed by atoms with Crippen LogP contribution in [0.5, 0.6) is 0 Å². The Kier molecular flexibility index (Phi) is 5.32. The highest BCUT2D eigenvalue weighted by molar-refractivity contribution is 5.75. The fourth-order valence-corrected chi connectivity index (χ4v) is 3.84. The van der Waals surface area contributed by atoms with Gasteiger partial charge < -0.3 is 19.6 Å². The largest absolute Gasteiger partial charge is 0.337 e. The van der Waals surface area contributed by atoms with Crippen LogP contribution in [0.15, 0.2) is 4.52 Å². The SMILES string of the molecule is CC(C)Cc1noc(C(C)NC(=O)N2CCC3(CCN(C)CC3)C2)n1. The molecule has 1 unspecified atom stereocenters. The van der Waals surface area contributed by atoms with Gasteiger partial charge in [-0.2, -0.15) is 4.98 Å². The van der Waals surface area contributed by atoms with Gasteiger partial charge in [0.05, 0.1) is 0 Å². The normalized spacial score (nSPS) is 21.9. The van der Waals surface area contributed by atoms with E-state index in [1.807, 2.05) is 11.8 Å². The van der Waals surface area contributed by atoms with E-state index in [1.165, 1.54) is 12.8 Å². The van der Waals surface area contributed by atoms with Crippen LogP contribution in [0.1, 0.15) is 57.8 Å². The van der Waals surface area contributed by atoms with Crippen molar-refractivity contribution in [1.29, 1.82) is 0 Å². The first-order valence-electron chi connectivity index (χ1n) is 9.43. The van der Waals surface area contributed by atoms with E-state index in [9.17, 15) is 4.79 Å². The Balaban J connectivity index is 1.53. The van der Waals surface area contributed by atoms with Crippen LogP contribution in [0.2, 0.25) is 0 Å². The second kappa shape index (κ2) is 7.32. The van der Waals surface area contributed by atoms with Crippen LogP contribution >= 0.6 is 0 Å². The number of hydrogen-bond donors (Lipinski definition) is 1. The van der Waals surface area contributed by atoms with Crippen molar-refractivity contribution in [2.75, 3.05) is 33.2 Å². The van der Waals surface area contributed by atoms with Gasteiger partial charge in [0.1, 0.15) is 6.04 Å². The molecule has 2 aliphatic rings. The molecule has 7 nitrogen and oxygen atoms in total. The number of likely N-dealkylation sites (tertiary alicyclic amines) is 2. The van der Waals surface area contributed by atoms with Crippen molar-refractivity contribution in [2.24, 2.45) is 11.3 Å². The fourth-order valence-electron chi connectivity index (χ4n) is 3.84. The van der Waals surface area contributed by atoms with Crippen LogP contribution in [0.4, 0.5) is 4.79 Å². The summed E-state index contributed by atoms with van der Waals surface area (Å²) in [5, 5.41) is 7.02. The third-order valence-electron chi connectivity index (χ3n) is 5.56. The maximum atomic E-state index is 12.6. The highest BCUT2D eigenvalue weighted by Crippen LogP contribution is 2.40. The molecule has 1 spiro atoms. The molecule has 2 fully saturated rings. The number of amides is 2. The van der Waals surface area contributed by atoms with Crippen molar-refractivity contribution < 1.29 is 9.32 Å². The average molecular weight is 349 g/mol. The molecule has 3 rings (SSSR count). The molecule has 0 bridgehead atoms. The smallest absolute Gasteiger partial charge is 0.318 e. The van der Waals surface area contributed by atoms with Crippen LogP contribution in [0.25, 0.3) is 0 Å². The van der Waals surface area contributed by atoms with E-state index in [-0.39, 0.29) is 12.1 Å². The van der Waals surface area contributed by atoms with Crippen molar-refractivity contribution in [2.45, 2.75) is 52.5 Å². The van der Waals surface area contributed by atoms with E-state index in [0.29, 0.717) is 23.0 Å². The van der Waals surface area contributed by atoms with Gasteiger partial charge in [-0.05, 0) is 57.7 Å². The number of hydrogen-bond acceptors (Lipinski definition) is 5. The first-order chi connectivity index (χ1) is 11.9. The first-order valence-corrected chi connectivity index (χ1v) is 9.43. The van der Waals surface area contributed by atoms with Crippen LogP contribution in [0, 0.1) is 11.3 Å². The lowest BCUT2D eigenvalue weighted by Gasteiger charge is -2.37. The second-order valence-electron chi connectivity index (χ2n) is 8.29. The predicted molar refractivity (Wildman–Crippen MR) is 95.1 cm³/mol. The van der Waals surface area contributed by atoms with E-state index in [1.54, 1.807) is 0 Å². The summed E-state index contributed by atoms with van der Waals surface area (Å²) in [5.41, 5.74) is 0.321. The Morgan fingerprint density at radius 1 is 1.24 bits per heavy atom. The van der Waals surface area contributed by atoms with E-state index in [0.717, 1.165) is 39.0 Å². The number of rotatable bonds is 4. The van der Waals surface area contributed by atoms with E-state index >= 15 is 0 Å². The topological polar surface area (TPSA) is 74.5 Å². The van der Waals surface area contributed by atoms with E-state index in [2.05, 4.69) is 41.3 Å². The zero-order valence-corrected chi connectivity index (χ0v) is 15.9. The average Bonchev–Trinajstić information content (AvgIpc) is 3.18. The van der Waals surface area contributed by atoms with Crippen molar-refractivity contribution in [3.8, 4) is 0 Å². The standard InChI is InChI=1S/C18H31N5O2/c1-13(2)11-15-20-16(25-21-15)14(3)19-17(24)23-10-7-18(12-23)5-8-22(4)9-6-18/h13-14H,5-12H2,1-4H3,(H,19,24). The van der Waals surface area contributed by atoms with Crippen molar-refractivity contribution in [3.05, 3.63) is 11.7 Å². The first kappa shape index (κ1) is 18.2. The summed E-state index contributed by atoms with van der Waals surface area (Å²) in [5.74, 6) is 1.67. The molecule has 0 radical (unpaired) electrons. The third kappa shape index (κ3) is 4.32. The number of aromatic nitrogens is 2.